The molecule has 0 aliphatic carbocycles. The van der Waals surface area contributed by atoms with E-state index in [2.05, 4.69) is 10.3 Å². The Balaban J connectivity index is 1.47. The average molecular weight is 396 g/mol. The van der Waals surface area contributed by atoms with Crippen molar-refractivity contribution in [1.29, 1.82) is 0 Å². The Morgan fingerprint density at radius 1 is 0.933 bits per heavy atom. The van der Waals surface area contributed by atoms with Crippen molar-refractivity contribution in [2.75, 3.05) is 5.32 Å². The number of carbonyl (C=O) groups is 1. The molecule has 0 aliphatic heterocycles. The Hall–Kier alpha value is -3.99. The number of amides is 1. The number of rotatable bonds is 3. The van der Waals surface area contributed by atoms with Gasteiger partial charge in [-0.3, -0.25) is 4.79 Å². The van der Waals surface area contributed by atoms with E-state index in [1.54, 1.807) is 30.3 Å². The summed E-state index contributed by atoms with van der Waals surface area (Å²) in [5, 5.41) is 4.90. The third kappa shape index (κ3) is 3.20. The first kappa shape index (κ1) is 18.1. The Labute approximate surface area is 172 Å². The first-order chi connectivity index (χ1) is 14.6. The standard InChI is InChI=1S/C25H17FN2O2/c1-15-9-11-21(20-8-3-2-7-19(15)20)24(29)27-18-10-12-23-22(14-18)28-25(30-23)16-5-4-6-17(26)13-16/h2-14H,1H3,(H,27,29). The molecule has 4 nitrogen and oxygen atoms in total. The maximum atomic E-state index is 13.5. The van der Waals surface area contributed by atoms with Gasteiger partial charge in [-0.15, -0.1) is 0 Å². The third-order valence-electron chi connectivity index (χ3n) is 5.10. The number of carbonyl (C=O) groups excluding carboxylic acids is 1. The van der Waals surface area contributed by atoms with Crippen molar-refractivity contribution in [1.82, 2.24) is 4.98 Å². The molecular formula is C25H17FN2O2. The number of hydrogen-bond acceptors (Lipinski definition) is 3. The zero-order valence-corrected chi connectivity index (χ0v) is 16.1. The predicted octanol–water partition coefficient (Wildman–Crippen LogP) is 6.35. The summed E-state index contributed by atoms with van der Waals surface area (Å²) in [7, 11) is 0. The molecule has 30 heavy (non-hydrogen) atoms. The lowest BCUT2D eigenvalue weighted by Gasteiger charge is -2.10. The molecule has 0 saturated carbocycles. The van der Waals surface area contributed by atoms with Crippen LogP contribution < -0.4 is 5.32 Å². The van der Waals surface area contributed by atoms with Gasteiger partial charge in [-0.05, 0) is 65.7 Å². The molecule has 1 aromatic heterocycles. The highest BCUT2D eigenvalue weighted by Crippen LogP contribution is 2.28. The summed E-state index contributed by atoms with van der Waals surface area (Å²) in [6.45, 7) is 2.03. The van der Waals surface area contributed by atoms with Crippen LogP contribution in [0.5, 0.6) is 0 Å². The Bertz CT molecular complexity index is 1420. The van der Waals surface area contributed by atoms with E-state index in [0.29, 0.717) is 33.8 Å². The van der Waals surface area contributed by atoms with E-state index < -0.39 is 0 Å². The lowest BCUT2D eigenvalue weighted by molar-refractivity contribution is 0.102. The number of oxazole rings is 1. The van der Waals surface area contributed by atoms with Gasteiger partial charge in [-0.25, -0.2) is 9.37 Å². The lowest BCUT2D eigenvalue weighted by atomic mass is 10.00. The third-order valence-corrected chi connectivity index (χ3v) is 5.10. The topological polar surface area (TPSA) is 55.1 Å². The quantitative estimate of drug-likeness (QED) is 0.387. The predicted molar refractivity (Wildman–Crippen MR) is 116 cm³/mol. The lowest BCUT2D eigenvalue weighted by Crippen LogP contribution is -2.12. The summed E-state index contributed by atoms with van der Waals surface area (Å²) >= 11 is 0. The Morgan fingerprint density at radius 2 is 1.77 bits per heavy atom. The molecule has 0 radical (unpaired) electrons. The molecule has 5 rings (SSSR count). The minimum Gasteiger partial charge on any atom is -0.436 e. The SMILES string of the molecule is Cc1ccc(C(=O)Nc2ccc3oc(-c4cccc(F)c4)nc3c2)c2ccccc12. The molecular weight excluding hydrogens is 379 g/mol. The van der Waals surface area contributed by atoms with Crippen molar-refractivity contribution >= 4 is 33.5 Å². The molecule has 1 N–H and O–H groups in total. The number of fused-ring (bicyclic) bond motifs is 2. The number of hydrogen-bond donors (Lipinski definition) is 1. The van der Waals surface area contributed by atoms with Crippen molar-refractivity contribution in [3.63, 3.8) is 0 Å². The molecule has 0 bridgehead atoms. The van der Waals surface area contributed by atoms with Crippen LogP contribution >= 0.6 is 0 Å². The number of nitrogens with zero attached hydrogens (tertiary/aromatic N) is 1. The van der Waals surface area contributed by atoms with E-state index in [9.17, 15) is 9.18 Å². The molecule has 5 heteroatoms. The zero-order chi connectivity index (χ0) is 20.7. The van der Waals surface area contributed by atoms with Crippen molar-refractivity contribution in [3.8, 4) is 11.5 Å². The number of aryl methyl sites for hydroxylation is 1. The van der Waals surface area contributed by atoms with Gasteiger partial charge < -0.3 is 9.73 Å². The second-order valence-corrected chi connectivity index (χ2v) is 7.14. The smallest absolute Gasteiger partial charge is 0.256 e. The molecule has 0 atom stereocenters. The maximum absolute atomic E-state index is 13.5. The van der Waals surface area contributed by atoms with Crippen LogP contribution in [0.25, 0.3) is 33.3 Å². The monoisotopic (exact) mass is 396 g/mol. The van der Waals surface area contributed by atoms with Gasteiger partial charge >= 0.3 is 0 Å². The first-order valence-corrected chi connectivity index (χ1v) is 9.55. The maximum Gasteiger partial charge on any atom is 0.256 e. The summed E-state index contributed by atoms with van der Waals surface area (Å²) in [4.78, 5) is 17.4. The van der Waals surface area contributed by atoms with E-state index >= 15 is 0 Å². The van der Waals surface area contributed by atoms with Gasteiger partial charge in [0, 0.05) is 16.8 Å². The zero-order valence-electron chi connectivity index (χ0n) is 16.1. The second-order valence-electron chi connectivity index (χ2n) is 7.14. The molecule has 1 amide bonds. The van der Waals surface area contributed by atoms with Gasteiger partial charge in [0.15, 0.2) is 5.58 Å². The summed E-state index contributed by atoms with van der Waals surface area (Å²) in [6, 6.07) is 23.0. The van der Waals surface area contributed by atoms with E-state index in [-0.39, 0.29) is 11.7 Å². The number of aromatic nitrogens is 1. The van der Waals surface area contributed by atoms with Gasteiger partial charge in [-0.1, -0.05) is 36.4 Å². The van der Waals surface area contributed by atoms with E-state index in [1.807, 2.05) is 43.3 Å². The van der Waals surface area contributed by atoms with Gasteiger partial charge in [0.25, 0.3) is 5.91 Å². The van der Waals surface area contributed by atoms with Crippen LogP contribution in [0.3, 0.4) is 0 Å². The summed E-state index contributed by atoms with van der Waals surface area (Å²) in [5.41, 5.74) is 4.04. The van der Waals surface area contributed by atoms with Crippen molar-refractivity contribution in [3.05, 3.63) is 95.8 Å². The number of benzene rings is 4. The summed E-state index contributed by atoms with van der Waals surface area (Å²) < 4.78 is 19.2. The number of anilines is 1. The normalized spacial score (nSPS) is 11.1. The molecule has 146 valence electrons. The second kappa shape index (κ2) is 7.12. The Morgan fingerprint density at radius 3 is 2.60 bits per heavy atom. The fourth-order valence-corrected chi connectivity index (χ4v) is 3.60. The van der Waals surface area contributed by atoms with Gasteiger partial charge in [0.1, 0.15) is 11.3 Å². The summed E-state index contributed by atoms with van der Waals surface area (Å²) in [5.74, 6) is -0.218. The molecule has 4 aromatic carbocycles. The van der Waals surface area contributed by atoms with Crippen LogP contribution in [0.4, 0.5) is 10.1 Å². The minimum absolute atomic E-state index is 0.195. The molecule has 1 heterocycles. The Kier molecular flexibility index (Phi) is 4.29. The highest BCUT2D eigenvalue weighted by molar-refractivity contribution is 6.13. The van der Waals surface area contributed by atoms with Crippen molar-refractivity contribution in [2.24, 2.45) is 0 Å². The molecule has 0 saturated heterocycles. The van der Waals surface area contributed by atoms with Crippen LogP contribution in [0.1, 0.15) is 15.9 Å². The highest BCUT2D eigenvalue weighted by atomic mass is 19.1. The fraction of sp³-hybridized carbons (Fsp3) is 0.0400. The van der Waals surface area contributed by atoms with Crippen LogP contribution in [0.15, 0.2) is 83.3 Å². The average Bonchev–Trinajstić information content (AvgIpc) is 3.18. The van der Waals surface area contributed by atoms with Crippen LogP contribution in [-0.4, -0.2) is 10.9 Å². The largest absolute Gasteiger partial charge is 0.436 e. The fourth-order valence-electron chi connectivity index (χ4n) is 3.60. The van der Waals surface area contributed by atoms with E-state index in [4.69, 9.17) is 4.42 Å². The minimum atomic E-state index is -0.354. The van der Waals surface area contributed by atoms with Gasteiger partial charge in [0.05, 0.1) is 0 Å². The number of halogens is 1. The van der Waals surface area contributed by atoms with Crippen LogP contribution in [0.2, 0.25) is 0 Å². The van der Waals surface area contributed by atoms with Gasteiger partial charge in [-0.2, -0.15) is 0 Å². The molecule has 5 aromatic rings. The van der Waals surface area contributed by atoms with E-state index in [1.165, 1.54) is 12.1 Å². The van der Waals surface area contributed by atoms with Gasteiger partial charge in [0.2, 0.25) is 5.89 Å². The van der Waals surface area contributed by atoms with Crippen LogP contribution in [0, 0.1) is 12.7 Å². The molecule has 0 unspecified atom stereocenters. The number of nitrogens with one attached hydrogen (secondary N) is 1. The van der Waals surface area contributed by atoms with Crippen molar-refractivity contribution in [2.45, 2.75) is 6.92 Å². The van der Waals surface area contributed by atoms with E-state index in [0.717, 1.165) is 16.3 Å². The highest BCUT2D eigenvalue weighted by Gasteiger charge is 2.13. The first-order valence-electron chi connectivity index (χ1n) is 9.55. The molecule has 0 aliphatic rings. The van der Waals surface area contributed by atoms with Crippen LogP contribution in [-0.2, 0) is 0 Å². The summed E-state index contributed by atoms with van der Waals surface area (Å²) in [6.07, 6.45) is 0. The molecule has 0 fully saturated rings. The molecule has 0 spiro atoms. The van der Waals surface area contributed by atoms with Crippen molar-refractivity contribution < 1.29 is 13.6 Å².